The molecule has 0 aliphatic carbocycles. The van der Waals surface area contributed by atoms with E-state index in [0.29, 0.717) is 26.4 Å². The van der Waals surface area contributed by atoms with Crippen LogP contribution in [0, 0.1) is 0 Å². The molecular formula is C18H32IN3O4. The maximum atomic E-state index is 5.41. The minimum Gasteiger partial charge on any atom is -0.493 e. The second-order valence-corrected chi connectivity index (χ2v) is 5.23. The Morgan fingerprint density at radius 3 is 2.42 bits per heavy atom. The van der Waals surface area contributed by atoms with Crippen LogP contribution in [-0.4, -0.2) is 66.7 Å². The highest BCUT2D eigenvalue weighted by Crippen LogP contribution is 2.27. The monoisotopic (exact) mass is 481 g/mol. The van der Waals surface area contributed by atoms with E-state index in [1.807, 2.05) is 25.1 Å². The molecule has 0 aliphatic rings. The molecule has 0 heterocycles. The van der Waals surface area contributed by atoms with Gasteiger partial charge in [0.15, 0.2) is 17.5 Å². The second-order valence-electron chi connectivity index (χ2n) is 5.23. The molecule has 26 heavy (non-hydrogen) atoms. The molecule has 0 bridgehead atoms. The molecule has 0 aliphatic heterocycles. The van der Waals surface area contributed by atoms with Gasteiger partial charge in [-0.15, -0.1) is 24.0 Å². The summed E-state index contributed by atoms with van der Waals surface area (Å²) in [4.78, 5) is 4.49. The van der Waals surface area contributed by atoms with Gasteiger partial charge >= 0.3 is 0 Å². The van der Waals surface area contributed by atoms with Gasteiger partial charge in [-0.25, -0.2) is 0 Å². The van der Waals surface area contributed by atoms with Crippen LogP contribution in [-0.2, 0) is 15.9 Å². The van der Waals surface area contributed by atoms with Crippen LogP contribution < -0.4 is 20.1 Å². The normalized spacial score (nSPS) is 10.8. The van der Waals surface area contributed by atoms with Crippen LogP contribution in [0.3, 0.4) is 0 Å². The predicted molar refractivity (Wildman–Crippen MR) is 115 cm³/mol. The molecule has 0 radical (unpaired) electrons. The predicted octanol–water partition coefficient (Wildman–Crippen LogP) is 2.08. The summed E-state index contributed by atoms with van der Waals surface area (Å²) < 4.78 is 20.9. The van der Waals surface area contributed by atoms with Gasteiger partial charge in [-0.1, -0.05) is 6.07 Å². The summed E-state index contributed by atoms with van der Waals surface area (Å²) in [6.45, 7) is 6.01. The maximum Gasteiger partial charge on any atom is 0.191 e. The van der Waals surface area contributed by atoms with Crippen molar-refractivity contribution in [1.82, 2.24) is 10.6 Å². The van der Waals surface area contributed by atoms with Crippen LogP contribution in [0.15, 0.2) is 23.2 Å². The number of halogens is 1. The SMILES string of the molecule is CCNC(=NCCOCCOC)NCCc1ccc(OC)c(OC)c1.I. The van der Waals surface area contributed by atoms with Crippen LogP contribution >= 0.6 is 24.0 Å². The molecule has 1 aromatic rings. The Hall–Kier alpha value is -1.26. The van der Waals surface area contributed by atoms with Crippen molar-refractivity contribution in [3.63, 3.8) is 0 Å². The fraction of sp³-hybridized carbons (Fsp3) is 0.611. The number of nitrogens with zero attached hydrogens (tertiary/aromatic N) is 1. The first-order valence-corrected chi connectivity index (χ1v) is 8.54. The first-order valence-electron chi connectivity index (χ1n) is 8.54. The van der Waals surface area contributed by atoms with Crippen LogP contribution in [0.4, 0.5) is 0 Å². The highest BCUT2D eigenvalue weighted by Gasteiger charge is 2.05. The third kappa shape index (κ3) is 10.0. The maximum absolute atomic E-state index is 5.41. The van der Waals surface area contributed by atoms with Crippen molar-refractivity contribution < 1.29 is 18.9 Å². The Morgan fingerprint density at radius 1 is 1.00 bits per heavy atom. The zero-order valence-corrected chi connectivity index (χ0v) is 18.5. The van der Waals surface area contributed by atoms with Gasteiger partial charge in [0.05, 0.1) is 40.6 Å². The van der Waals surface area contributed by atoms with Crippen LogP contribution in [0.5, 0.6) is 11.5 Å². The van der Waals surface area contributed by atoms with E-state index in [4.69, 9.17) is 18.9 Å². The van der Waals surface area contributed by atoms with E-state index in [2.05, 4.69) is 15.6 Å². The van der Waals surface area contributed by atoms with E-state index in [1.54, 1.807) is 21.3 Å². The van der Waals surface area contributed by atoms with Gasteiger partial charge < -0.3 is 29.6 Å². The van der Waals surface area contributed by atoms with E-state index in [-0.39, 0.29) is 24.0 Å². The minimum absolute atomic E-state index is 0. The lowest BCUT2D eigenvalue weighted by atomic mass is 10.1. The third-order valence-corrected chi connectivity index (χ3v) is 3.44. The number of hydrogen-bond donors (Lipinski definition) is 2. The lowest BCUT2D eigenvalue weighted by molar-refractivity contribution is 0.0748. The molecule has 0 fully saturated rings. The fourth-order valence-electron chi connectivity index (χ4n) is 2.17. The van der Waals surface area contributed by atoms with Gasteiger partial charge in [-0.2, -0.15) is 0 Å². The van der Waals surface area contributed by atoms with E-state index in [9.17, 15) is 0 Å². The molecule has 0 aromatic heterocycles. The van der Waals surface area contributed by atoms with Gasteiger partial charge in [-0.05, 0) is 31.0 Å². The zero-order valence-electron chi connectivity index (χ0n) is 16.2. The number of benzene rings is 1. The number of ether oxygens (including phenoxy) is 4. The number of methoxy groups -OCH3 is 3. The number of aliphatic imine (C=N–C) groups is 1. The molecule has 0 atom stereocenters. The van der Waals surface area contributed by atoms with Crippen LogP contribution in [0.25, 0.3) is 0 Å². The first kappa shape index (κ1) is 24.7. The second kappa shape index (κ2) is 16.0. The lowest BCUT2D eigenvalue weighted by Gasteiger charge is -2.12. The molecule has 0 amide bonds. The van der Waals surface area contributed by atoms with Crippen molar-refractivity contribution in [3.8, 4) is 11.5 Å². The van der Waals surface area contributed by atoms with Crippen molar-refractivity contribution >= 4 is 29.9 Å². The van der Waals surface area contributed by atoms with Gasteiger partial charge in [-0.3, -0.25) is 4.99 Å². The van der Waals surface area contributed by atoms with Gasteiger partial charge in [0.2, 0.25) is 0 Å². The zero-order chi connectivity index (χ0) is 18.3. The van der Waals surface area contributed by atoms with Crippen LogP contribution in [0.2, 0.25) is 0 Å². The average Bonchev–Trinajstić information content (AvgIpc) is 2.64. The van der Waals surface area contributed by atoms with Gasteiger partial charge in [0.25, 0.3) is 0 Å². The Balaban J connectivity index is 0.00000625. The molecule has 8 heteroatoms. The molecule has 1 aromatic carbocycles. The average molecular weight is 481 g/mol. The Labute approximate surface area is 173 Å². The molecule has 0 spiro atoms. The van der Waals surface area contributed by atoms with Crippen LogP contribution in [0.1, 0.15) is 12.5 Å². The van der Waals surface area contributed by atoms with Gasteiger partial charge in [0.1, 0.15) is 0 Å². The summed E-state index contributed by atoms with van der Waals surface area (Å²) >= 11 is 0. The van der Waals surface area contributed by atoms with E-state index in [1.165, 1.54) is 5.56 Å². The van der Waals surface area contributed by atoms with Crippen molar-refractivity contribution in [2.45, 2.75) is 13.3 Å². The van der Waals surface area contributed by atoms with Crippen molar-refractivity contribution in [2.75, 3.05) is 60.8 Å². The minimum atomic E-state index is 0. The molecule has 7 nitrogen and oxygen atoms in total. The number of hydrogen-bond acceptors (Lipinski definition) is 5. The molecule has 0 unspecified atom stereocenters. The first-order chi connectivity index (χ1) is 12.2. The topological polar surface area (TPSA) is 73.3 Å². The lowest BCUT2D eigenvalue weighted by Crippen LogP contribution is -2.38. The van der Waals surface area contributed by atoms with Crippen molar-refractivity contribution in [2.24, 2.45) is 4.99 Å². The molecule has 0 saturated carbocycles. The summed E-state index contributed by atoms with van der Waals surface area (Å²) in [7, 11) is 4.94. The van der Waals surface area contributed by atoms with Crippen molar-refractivity contribution in [1.29, 1.82) is 0 Å². The molecule has 2 N–H and O–H groups in total. The molecule has 0 saturated heterocycles. The van der Waals surface area contributed by atoms with E-state index < -0.39 is 0 Å². The quantitative estimate of drug-likeness (QED) is 0.206. The Kier molecular flexibility index (Phi) is 15.2. The van der Waals surface area contributed by atoms with E-state index in [0.717, 1.165) is 37.0 Å². The largest absolute Gasteiger partial charge is 0.493 e. The summed E-state index contributed by atoms with van der Waals surface area (Å²) in [5.74, 6) is 2.27. The van der Waals surface area contributed by atoms with Crippen molar-refractivity contribution in [3.05, 3.63) is 23.8 Å². The molecule has 1 rings (SSSR count). The Bertz CT molecular complexity index is 515. The number of nitrogens with one attached hydrogen (secondary N) is 2. The highest BCUT2D eigenvalue weighted by molar-refractivity contribution is 14.0. The summed E-state index contributed by atoms with van der Waals surface area (Å²) in [6.07, 6.45) is 0.856. The van der Waals surface area contributed by atoms with E-state index >= 15 is 0 Å². The highest BCUT2D eigenvalue weighted by atomic mass is 127. The standard InChI is InChI=1S/C18H31N3O4.HI/c1-5-19-18(21-10-11-25-13-12-22-2)20-9-8-15-6-7-16(23-3)17(14-15)24-4;/h6-7,14H,5,8-13H2,1-4H3,(H2,19,20,21);1H. The molecule has 150 valence electrons. The Morgan fingerprint density at radius 2 is 1.77 bits per heavy atom. The smallest absolute Gasteiger partial charge is 0.191 e. The summed E-state index contributed by atoms with van der Waals surface area (Å²) in [5.41, 5.74) is 1.17. The number of guanidine groups is 1. The third-order valence-electron chi connectivity index (χ3n) is 3.44. The molecular weight excluding hydrogens is 449 g/mol. The summed E-state index contributed by atoms with van der Waals surface area (Å²) in [6, 6.07) is 5.95. The summed E-state index contributed by atoms with van der Waals surface area (Å²) in [5, 5.41) is 6.55. The number of rotatable bonds is 12. The fourth-order valence-corrected chi connectivity index (χ4v) is 2.17. The van der Waals surface area contributed by atoms with Gasteiger partial charge in [0, 0.05) is 20.2 Å².